The standard InChI is InChI=1S/C17H21FN4O2/c18-14-7-5-13(6-8-14)17(15-3-2-10-24-15)21-16(23)4-1-9-22-12-19-11-20-22/h5-8,11-12,15,17H,1-4,9-10H2,(H,21,23)/t15-,17+/m0/s1. The van der Waals surface area contributed by atoms with Gasteiger partial charge in [0.2, 0.25) is 5.91 Å². The van der Waals surface area contributed by atoms with E-state index in [2.05, 4.69) is 15.4 Å². The summed E-state index contributed by atoms with van der Waals surface area (Å²) >= 11 is 0. The Bertz CT molecular complexity index is 639. The van der Waals surface area contributed by atoms with Gasteiger partial charge in [-0.1, -0.05) is 12.1 Å². The van der Waals surface area contributed by atoms with Gasteiger partial charge in [-0.05, 0) is 37.0 Å². The van der Waals surface area contributed by atoms with Crippen LogP contribution in [0.2, 0.25) is 0 Å². The molecular weight excluding hydrogens is 311 g/mol. The van der Waals surface area contributed by atoms with Gasteiger partial charge in [0.15, 0.2) is 0 Å². The minimum atomic E-state index is -0.288. The van der Waals surface area contributed by atoms with Gasteiger partial charge in [0.1, 0.15) is 18.5 Å². The Morgan fingerprint density at radius 3 is 2.92 bits per heavy atom. The van der Waals surface area contributed by atoms with E-state index >= 15 is 0 Å². The second kappa shape index (κ2) is 8.01. The fourth-order valence-corrected chi connectivity index (χ4v) is 2.92. The van der Waals surface area contributed by atoms with Crippen LogP contribution in [0.5, 0.6) is 0 Å². The van der Waals surface area contributed by atoms with E-state index in [4.69, 9.17) is 4.74 Å². The van der Waals surface area contributed by atoms with E-state index in [0.717, 1.165) is 18.4 Å². The number of halogens is 1. The molecule has 0 bridgehead atoms. The maximum atomic E-state index is 13.2. The minimum Gasteiger partial charge on any atom is -0.376 e. The van der Waals surface area contributed by atoms with E-state index in [0.29, 0.717) is 26.0 Å². The van der Waals surface area contributed by atoms with Crippen LogP contribution in [0.25, 0.3) is 0 Å². The molecule has 1 saturated heterocycles. The molecule has 24 heavy (non-hydrogen) atoms. The SMILES string of the molecule is O=C(CCCn1cncn1)N[C@H](c1ccc(F)cc1)[C@@H]1CCCO1. The van der Waals surface area contributed by atoms with Gasteiger partial charge in [0.25, 0.3) is 0 Å². The van der Waals surface area contributed by atoms with Crippen LogP contribution in [0.15, 0.2) is 36.9 Å². The molecule has 0 radical (unpaired) electrons. The van der Waals surface area contributed by atoms with Gasteiger partial charge in [0, 0.05) is 19.6 Å². The van der Waals surface area contributed by atoms with Crippen molar-refractivity contribution in [2.75, 3.05) is 6.61 Å². The molecule has 2 atom stereocenters. The van der Waals surface area contributed by atoms with Crippen molar-refractivity contribution in [1.29, 1.82) is 0 Å². The molecule has 128 valence electrons. The Morgan fingerprint density at radius 2 is 2.25 bits per heavy atom. The Morgan fingerprint density at radius 1 is 1.42 bits per heavy atom. The number of aromatic nitrogens is 3. The number of amides is 1. The van der Waals surface area contributed by atoms with Crippen molar-refractivity contribution in [3.8, 4) is 0 Å². The predicted molar refractivity (Wildman–Crippen MR) is 85.5 cm³/mol. The minimum absolute atomic E-state index is 0.0417. The number of hydrogen-bond acceptors (Lipinski definition) is 4. The summed E-state index contributed by atoms with van der Waals surface area (Å²) in [5.74, 6) is -0.330. The normalized spacial score (nSPS) is 18.5. The molecule has 6 nitrogen and oxygen atoms in total. The van der Waals surface area contributed by atoms with Gasteiger partial charge in [-0.2, -0.15) is 5.10 Å². The molecule has 1 fully saturated rings. The quantitative estimate of drug-likeness (QED) is 0.844. The molecule has 1 amide bonds. The van der Waals surface area contributed by atoms with Gasteiger partial charge < -0.3 is 10.1 Å². The number of hydrogen-bond donors (Lipinski definition) is 1. The van der Waals surface area contributed by atoms with E-state index < -0.39 is 0 Å². The summed E-state index contributed by atoms with van der Waals surface area (Å²) in [5.41, 5.74) is 0.868. The second-order valence-electron chi connectivity index (χ2n) is 5.91. The van der Waals surface area contributed by atoms with Gasteiger partial charge in [-0.3, -0.25) is 9.48 Å². The molecule has 3 rings (SSSR count). The van der Waals surface area contributed by atoms with E-state index in [9.17, 15) is 9.18 Å². The molecule has 0 unspecified atom stereocenters. The highest BCUT2D eigenvalue weighted by atomic mass is 19.1. The third-order valence-corrected chi connectivity index (χ3v) is 4.14. The van der Waals surface area contributed by atoms with Crippen molar-refractivity contribution in [2.24, 2.45) is 0 Å². The zero-order valence-electron chi connectivity index (χ0n) is 13.4. The van der Waals surface area contributed by atoms with Crippen LogP contribution in [0.1, 0.15) is 37.3 Å². The van der Waals surface area contributed by atoms with Crippen LogP contribution < -0.4 is 5.32 Å². The third kappa shape index (κ3) is 4.38. The number of nitrogens with zero attached hydrogens (tertiary/aromatic N) is 3. The van der Waals surface area contributed by atoms with Crippen LogP contribution in [0.4, 0.5) is 4.39 Å². The number of benzene rings is 1. The topological polar surface area (TPSA) is 69.0 Å². The average molecular weight is 332 g/mol. The summed E-state index contributed by atoms with van der Waals surface area (Å²) in [7, 11) is 0. The van der Waals surface area contributed by atoms with Crippen LogP contribution in [-0.4, -0.2) is 33.4 Å². The number of rotatable bonds is 7. The molecule has 1 aromatic heterocycles. The summed E-state index contributed by atoms with van der Waals surface area (Å²) in [6.45, 7) is 1.35. The van der Waals surface area contributed by atoms with Crippen LogP contribution in [-0.2, 0) is 16.1 Å². The van der Waals surface area contributed by atoms with Crippen LogP contribution in [0, 0.1) is 5.82 Å². The monoisotopic (exact) mass is 332 g/mol. The first-order valence-electron chi connectivity index (χ1n) is 8.21. The zero-order valence-corrected chi connectivity index (χ0v) is 13.4. The Labute approximate surface area is 140 Å². The third-order valence-electron chi connectivity index (χ3n) is 4.14. The van der Waals surface area contributed by atoms with E-state index in [1.54, 1.807) is 23.1 Å². The lowest BCUT2D eigenvalue weighted by molar-refractivity contribution is -0.123. The van der Waals surface area contributed by atoms with Crippen LogP contribution >= 0.6 is 0 Å². The molecule has 7 heteroatoms. The van der Waals surface area contributed by atoms with E-state index in [1.165, 1.54) is 18.5 Å². The molecule has 0 spiro atoms. The Hall–Kier alpha value is -2.28. The smallest absolute Gasteiger partial charge is 0.220 e. The molecule has 0 saturated carbocycles. The van der Waals surface area contributed by atoms with Crippen molar-refractivity contribution in [2.45, 2.75) is 44.4 Å². The molecule has 0 aliphatic carbocycles. The molecule has 2 heterocycles. The highest BCUT2D eigenvalue weighted by Gasteiger charge is 2.28. The Kier molecular flexibility index (Phi) is 5.53. The number of ether oxygens (including phenoxy) is 1. The first-order valence-corrected chi connectivity index (χ1v) is 8.21. The number of carbonyl (C=O) groups excluding carboxylic acids is 1. The lowest BCUT2D eigenvalue weighted by Crippen LogP contribution is -2.36. The highest BCUT2D eigenvalue weighted by Crippen LogP contribution is 2.27. The second-order valence-corrected chi connectivity index (χ2v) is 5.91. The maximum absolute atomic E-state index is 13.2. The summed E-state index contributed by atoms with van der Waals surface area (Å²) in [6, 6.07) is 5.99. The first-order chi connectivity index (χ1) is 11.7. The van der Waals surface area contributed by atoms with Crippen molar-refractivity contribution in [1.82, 2.24) is 20.1 Å². The maximum Gasteiger partial charge on any atom is 0.220 e. The summed E-state index contributed by atoms with van der Waals surface area (Å²) < 4.78 is 20.6. The van der Waals surface area contributed by atoms with Crippen molar-refractivity contribution >= 4 is 5.91 Å². The number of nitrogens with one attached hydrogen (secondary N) is 1. The lowest BCUT2D eigenvalue weighted by atomic mass is 9.99. The first kappa shape index (κ1) is 16.6. The summed E-state index contributed by atoms with van der Waals surface area (Å²) in [5, 5.41) is 7.05. The number of carbonyl (C=O) groups is 1. The van der Waals surface area contributed by atoms with Gasteiger partial charge in [-0.15, -0.1) is 0 Å². The summed E-state index contributed by atoms with van der Waals surface area (Å²) in [4.78, 5) is 16.2. The average Bonchev–Trinajstić information content (AvgIpc) is 3.27. The van der Waals surface area contributed by atoms with Gasteiger partial charge >= 0.3 is 0 Å². The van der Waals surface area contributed by atoms with Crippen molar-refractivity contribution < 1.29 is 13.9 Å². The molecule has 1 aromatic carbocycles. The van der Waals surface area contributed by atoms with Gasteiger partial charge in [0.05, 0.1) is 12.1 Å². The largest absolute Gasteiger partial charge is 0.376 e. The highest BCUT2D eigenvalue weighted by molar-refractivity contribution is 5.76. The predicted octanol–water partition coefficient (Wildman–Crippen LogP) is 2.23. The summed E-state index contributed by atoms with van der Waals surface area (Å²) in [6.07, 6.45) is 5.98. The van der Waals surface area contributed by atoms with E-state index in [-0.39, 0.29) is 23.9 Å². The fraction of sp³-hybridized carbons (Fsp3) is 0.471. The lowest BCUT2D eigenvalue weighted by Gasteiger charge is -2.25. The van der Waals surface area contributed by atoms with Crippen molar-refractivity contribution in [3.05, 3.63) is 48.3 Å². The molecule has 1 N–H and O–H groups in total. The molecule has 1 aliphatic heterocycles. The number of aryl methyl sites for hydroxylation is 1. The molecule has 2 aromatic rings. The molecular formula is C17H21FN4O2. The molecule has 1 aliphatic rings. The fourth-order valence-electron chi connectivity index (χ4n) is 2.92. The van der Waals surface area contributed by atoms with E-state index in [1.807, 2.05) is 0 Å². The van der Waals surface area contributed by atoms with Crippen LogP contribution in [0.3, 0.4) is 0 Å². The Balaban J connectivity index is 1.58. The zero-order chi connectivity index (χ0) is 16.8. The van der Waals surface area contributed by atoms with Gasteiger partial charge in [-0.25, -0.2) is 9.37 Å². The van der Waals surface area contributed by atoms with Crippen molar-refractivity contribution in [3.63, 3.8) is 0 Å².